The SMILES string of the molecule is Cc1ccc(CNCC2(CC#N)CC2)cc1. The Bertz CT molecular complexity index is 382. The number of nitrogens with zero attached hydrogens (tertiary/aromatic N) is 1. The first-order chi connectivity index (χ1) is 7.74. The summed E-state index contributed by atoms with van der Waals surface area (Å²) in [5.74, 6) is 0. The van der Waals surface area contributed by atoms with E-state index in [1.54, 1.807) is 0 Å². The third-order valence-corrected chi connectivity index (χ3v) is 3.36. The number of aryl methyl sites for hydroxylation is 1. The summed E-state index contributed by atoms with van der Waals surface area (Å²) in [6.45, 7) is 3.99. The van der Waals surface area contributed by atoms with Crippen molar-refractivity contribution in [3.63, 3.8) is 0 Å². The molecule has 0 unspecified atom stereocenters. The Labute approximate surface area is 97.3 Å². The van der Waals surface area contributed by atoms with E-state index in [-0.39, 0.29) is 0 Å². The summed E-state index contributed by atoms with van der Waals surface area (Å²) in [5, 5.41) is 12.2. The van der Waals surface area contributed by atoms with Gasteiger partial charge in [0.15, 0.2) is 0 Å². The lowest BCUT2D eigenvalue weighted by Gasteiger charge is -2.12. The molecule has 1 saturated carbocycles. The Balaban J connectivity index is 1.76. The third kappa shape index (κ3) is 2.84. The van der Waals surface area contributed by atoms with Crippen LogP contribution in [0.25, 0.3) is 0 Å². The van der Waals surface area contributed by atoms with Crippen molar-refractivity contribution in [2.45, 2.75) is 32.7 Å². The van der Waals surface area contributed by atoms with Gasteiger partial charge >= 0.3 is 0 Å². The zero-order valence-corrected chi connectivity index (χ0v) is 9.79. The fraction of sp³-hybridized carbons (Fsp3) is 0.500. The molecule has 84 valence electrons. The van der Waals surface area contributed by atoms with Crippen LogP contribution >= 0.6 is 0 Å². The molecule has 0 saturated heterocycles. The second-order valence-corrected chi connectivity index (χ2v) is 4.92. The standard InChI is InChI=1S/C14H18N2/c1-12-2-4-13(5-3-12)10-16-11-14(6-7-14)8-9-15/h2-5,16H,6-8,10-11H2,1H3. The van der Waals surface area contributed by atoms with Crippen LogP contribution in [0.2, 0.25) is 0 Å². The van der Waals surface area contributed by atoms with Gasteiger partial charge in [0.05, 0.1) is 6.07 Å². The molecular formula is C14H18N2. The Morgan fingerprint density at radius 1 is 1.31 bits per heavy atom. The van der Waals surface area contributed by atoms with Gasteiger partial charge in [-0.05, 0) is 30.7 Å². The van der Waals surface area contributed by atoms with E-state index in [9.17, 15) is 0 Å². The fourth-order valence-corrected chi connectivity index (χ4v) is 1.94. The van der Waals surface area contributed by atoms with E-state index in [0.29, 0.717) is 11.8 Å². The minimum atomic E-state index is 0.305. The normalized spacial score (nSPS) is 16.8. The molecule has 2 heteroatoms. The molecule has 1 aliphatic rings. The number of nitriles is 1. The quantitative estimate of drug-likeness (QED) is 0.818. The minimum Gasteiger partial charge on any atom is -0.312 e. The number of hydrogen-bond acceptors (Lipinski definition) is 2. The summed E-state index contributed by atoms with van der Waals surface area (Å²) in [6.07, 6.45) is 3.12. The molecule has 16 heavy (non-hydrogen) atoms. The number of nitrogens with one attached hydrogen (secondary N) is 1. The predicted molar refractivity (Wildman–Crippen MR) is 64.8 cm³/mol. The molecular weight excluding hydrogens is 196 g/mol. The Morgan fingerprint density at radius 2 is 2.00 bits per heavy atom. The average Bonchev–Trinajstić information content (AvgIpc) is 3.02. The number of rotatable bonds is 5. The van der Waals surface area contributed by atoms with Crippen molar-refractivity contribution in [2.75, 3.05) is 6.54 Å². The second kappa shape index (κ2) is 4.67. The van der Waals surface area contributed by atoms with Gasteiger partial charge in [-0.3, -0.25) is 0 Å². The van der Waals surface area contributed by atoms with Gasteiger partial charge in [0.2, 0.25) is 0 Å². The molecule has 0 aliphatic heterocycles. The minimum absolute atomic E-state index is 0.305. The molecule has 1 N–H and O–H groups in total. The van der Waals surface area contributed by atoms with Crippen LogP contribution in [0.5, 0.6) is 0 Å². The first-order valence-corrected chi connectivity index (χ1v) is 5.87. The van der Waals surface area contributed by atoms with Crippen LogP contribution in [0.15, 0.2) is 24.3 Å². The van der Waals surface area contributed by atoms with Gasteiger partial charge in [-0.1, -0.05) is 29.8 Å². The lowest BCUT2D eigenvalue weighted by atomic mass is 10.0. The van der Waals surface area contributed by atoms with Gasteiger partial charge in [0, 0.05) is 19.5 Å². The molecule has 0 spiro atoms. The van der Waals surface area contributed by atoms with Gasteiger partial charge in [0.1, 0.15) is 0 Å². The first-order valence-electron chi connectivity index (χ1n) is 5.87. The summed E-state index contributed by atoms with van der Waals surface area (Å²) >= 11 is 0. The van der Waals surface area contributed by atoms with Crippen molar-refractivity contribution in [2.24, 2.45) is 5.41 Å². The lowest BCUT2D eigenvalue weighted by Crippen LogP contribution is -2.23. The van der Waals surface area contributed by atoms with E-state index in [4.69, 9.17) is 5.26 Å². The van der Waals surface area contributed by atoms with Crippen molar-refractivity contribution in [3.8, 4) is 6.07 Å². The van der Waals surface area contributed by atoms with Crippen LogP contribution in [0.4, 0.5) is 0 Å². The topological polar surface area (TPSA) is 35.8 Å². The molecule has 1 aromatic rings. The monoisotopic (exact) mass is 214 g/mol. The highest BCUT2D eigenvalue weighted by Gasteiger charge is 2.41. The average molecular weight is 214 g/mol. The van der Waals surface area contributed by atoms with E-state index in [0.717, 1.165) is 13.1 Å². The zero-order valence-electron chi connectivity index (χ0n) is 9.79. The highest BCUT2D eigenvalue weighted by atomic mass is 14.9. The molecule has 1 aliphatic carbocycles. The molecule has 0 radical (unpaired) electrons. The van der Waals surface area contributed by atoms with E-state index in [1.807, 2.05) is 0 Å². The van der Waals surface area contributed by atoms with Crippen molar-refractivity contribution >= 4 is 0 Å². The van der Waals surface area contributed by atoms with Gasteiger partial charge in [-0.15, -0.1) is 0 Å². The predicted octanol–water partition coefficient (Wildman–Crippen LogP) is 2.78. The molecule has 0 aromatic heterocycles. The molecule has 0 heterocycles. The van der Waals surface area contributed by atoms with E-state index in [1.165, 1.54) is 24.0 Å². The van der Waals surface area contributed by atoms with E-state index in [2.05, 4.69) is 42.6 Å². The van der Waals surface area contributed by atoms with Crippen LogP contribution in [0, 0.1) is 23.7 Å². The maximum Gasteiger partial charge on any atom is 0.0628 e. The lowest BCUT2D eigenvalue weighted by molar-refractivity contribution is 0.466. The Kier molecular flexibility index (Phi) is 3.26. The number of hydrogen-bond donors (Lipinski definition) is 1. The highest BCUT2D eigenvalue weighted by Crippen LogP contribution is 2.47. The molecule has 1 aromatic carbocycles. The summed E-state index contributed by atoms with van der Waals surface area (Å²) in [6, 6.07) is 10.9. The molecule has 0 bridgehead atoms. The van der Waals surface area contributed by atoms with Gasteiger partial charge < -0.3 is 5.32 Å². The van der Waals surface area contributed by atoms with E-state index < -0.39 is 0 Å². The van der Waals surface area contributed by atoms with Crippen LogP contribution in [-0.2, 0) is 6.54 Å². The zero-order chi connectivity index (χ0) is 11.4. The Morgan fingerprint density at radius 3 is 2.56 bits per heavy atom. The summed E-state index contributed by atoms with van der Waals surface area (Å²) < 4.78 is 0. The molecule has 2 nitrogen and oxygen atoms in total. The van der Waals surface area contributed by atoms with Gasteiger partial charge in [-0.2, -0.15) is 5.26 Å². The maximum absolute atomic E-state index is 8.71. The summed E-state index contributed by atoms with van der Waals surface area (Å²) in [5.41, 5.74) is 2.92. The van der Waals surface area contributed by atoms with Crippen LogP contribution in [0.1, 0.15) is 30.4 Å². The van der Waals surface area contributed by atoms with Crippen molar-refractivity contribution in [3.05, 3.63) is 35.4 Å². The Hall–Kier alpha value is -1.33. The van der Waals surface area contributed by atoms with Crippen molar-refractivity contribution in [1.82, 2.24) is 5.32 Å². The second-order valence-electron chi connectivity index (χ2n) is 4.92. The third-order valence-electron chi connectivity index (χ3n) is 3.36. The van der Waals surface area contributed by atoms with Crippen molar-refractivity contribution < 1.29 is 0 Å². The summed E-state index contributed by atoms with van der Waals surface area (Å²) in [4.78, 5) is 0. The molecule has 0 atom stereocenters. The first kappa shape index (κ1) is 11.2. The maximum atomic E-state index is 8.71. The molecule has 0 amide bonds. The van der Waals surface area contributed by atoms with Crippen LogP contribution < -0.4 is 5.32 Å². The molecule has 1 fully saturated rings. The van der Waals surface area contributed by atoms with Gasteiger partial charge in [0.25, 0.3) is 0 Å². The summed E-state index contributed by atoms with van der Waals surface area (Å²) in [7, 11) is 0. The highest BCUT2D eigenvalue weighted by molar-refractivity contribution is 5.21. The fourth-order valence-electron chi connectivity index (χ4n) is 1.94. The van der Waals surface area contributed by atoms with Gasteiger partial charge in [-0.25, -0.2) is 0 Å². The molecule has 2 rings (SSSR count). The van der Waals surface area contributed by atoms with Crippen LogP contribution in [-0.4, -0.2) is 6.54 Å². The van der Waals surface area contributed by atoms with E-state index >= 15 is 0 Å². The smallest absolute Gasteiger partial charge is 0.0628 e. The largest absolute Gasteiger partial charge is 0.312 e. The van der Waals surface area contributed by atoms with Crippen LogP contribution in [0.3, 0.4) is 0 Å². The number of benzene rings is 1. The van der Waals surface area contributed by atoms with Crippen molar-refractivity contribution in [1.29, 1.82) is 5.26 Å².